The van der Waals surface area contributed by atoms with Gasteiger partial charge in [0, 0.05) is 6.54 Å². The van der Waals surface area contributed by atoms with Gasteiger partial charge in [-0.1, -0.05) is 32.8 Å². The van der Waals surface area contributed by atoms with E-state index in [4.69, 9.17) is 0 Å². The molecule has 1 nitrogen and oxygen atoms in total. The number of hydrogen-bond donors (Lipinski definition) is 1. The molecule has 0 bridgehead atoms. The van der Waals surface area contributed by atoms with Crippen molar-refractivity contribution in [2.45, 2.75) is 40.0 Å². The molecule has 0 radical (unpaired) electrons. The molecule has 0 saturated carbocycles. The van der Waals surface area contributed by atoms with Crippen molar-refractivity contribution in [1.29, 1.82) is 0 Å². The Balaban J connectivity index is 3.27. The first kappa shape index (κ1) is 10.5. The van der Waals surface area contributed by atoms with E-state index in [0.717, 1.165) is 12.5 Å². The number of unbranched alkanes of at least 4 members (excludes halogenated alkanes) is 1. The van der Waals surface area contributed by atoms with Crippen molar-refractivity contribution in [3.63, 3.8) is 0 Å². The van der Waals surface area contributed by atoms with E-state index in [0.29, 0.717) is 0 Å². The predicted octanol–water partition coefficient (Wildman–Crippen LogP) is 2.94. The molecule has 0 saturated heterocycles. The van der Waals surface area contributed by atoms with E-state index >= 15 is 0 Å². The van der Waals surface area contributed by atoms with Gasteiger partial charge in [0.15, 0.2) is 0 Å². The summed E-state index contributed by atoms with van der Waals surface area (Å²) in [4.78, 5) is 0. The van der Waals surface area contributed by atoms with Gasteiger partial charge in [-0.15, -0.1) is 0 Å². The minimum absolute atomic E-state index is 0.731. The van der Waals surface area contributed by atoms with Gasteiger partial charge in [-0.2, -0.15) is 0 Å². The van der Waals surface area contributed by atoms with E-state index in [1.54, 1.807) is 0 Å². The summed E-state index contributed by atoms with van der Waals surface area (Å²) in [5, 5.41) is 3.18. The highest BCUT2D eigenvalue weighted by Gasteiger charge is 1.93. The Labute approximate surface area is 70.9 Å². The quantitative estimate of drug-likeness (QED) is 0.622. The van der Waals surface area contributed by atoms with E-state index in [1.165, 1.54) is 19.3 Å². The molecule has 1 N–H and O–H groups in total. The first-order valence-electron chi connectivity index (χ1n) is 4.71. The van der Waals surface area contributed by atoms with Crippen LogP contribution in [0.15, 0.2) is 12.3 Å². The molecule has 1 heteroatoms. The maximum absolute atomic E-state index is 3.18. The number of rotatable bonds is 6. The van der Waals surface area contributed by atoms with Crippen LogP contribution in [0.25, 0.3) is 0 Å². The van der Waals surface area contributed by atoms with Crippen molar-refractivity contribution in [3.05, 3.63) is 12.3 Å². The second-order valence-electron chi connectivity index (χ2n) is 3.04. The van der Waals surface area contributed by atoms with E-state index in [9.17, 15) is 0 Å². The minimum atomic E-state index is 0.731. The van der Waals surface area contributed by atoms with E-state index < -0.39 is 0 Å². The molecule has 0 aliphatic carbocycles. The van der Waals surface area contributed by atoms with E-state index in [2.05, 4.69) is 38.4 Å². The van der Waals surface area contributed by atoms with Crippen LogP contribution in [0.1, 0.15) is 40.0 Å². The Morgan fingerprint density at radius 2 is 2.09 bits per heavy atom. The van der Waals surface area contributed by atoms with Gasteiger partial charge < -0.3 is 5.32 Å². The van der Waals surface area contributed by atoms with Gasteiger partial charge in [-0.3, -0.25) is 0 Å². The molecule has 0 heterocycles. The van der Waals surface area contributed by atoms with Crippen molar-refractivity contribution >= 4 is 0 Å². The number of allylic oxidation sites excluding steroid dienone is 1. The Morgan fingerprint density at radius 1 is 1.36 bits per heavy atom. The zero-order valence-corrected chi connectivity index (χ0v) is 8.06. The van der Waals surface area contributed by atoms with Gasteiger partial charge in [-0.25, -0.2) is 0 Å². The summed E-state index contributed by atoms with van der Waals surface area (Å²) in [6.45, 7) is 7.64. The minimum Gasteiger partial charge on any atom is -0.391 e. The largest absolute Gasteiger partial charge is 0.391 e. The van der Waals surface area contributed by atoms with Crippen LogP contribution in [0.3, 0.4) is 0 Å². The number of nitrogens with one attached hydrogen (secondary N) is 1. The molecule has 0 spiro atoms. The maximum Gasteiger partial charge on any atom is 0.0112 e. The van der Waals surface area contributed by atoms with E-state index in [-0.39, 0.29) is 0 Å². The van der Waals surface area contributed by atoms with Gasteiger partial charge in [0.2, 0.25) is 0 Å². The highest BCUT2D eigenvalue weighted by atomic mass is 14.8. The molecule has 0 aromatic heterocycles. The van der Waals surface area contributed by atoms with Crippen LogP contribution in [0, 0.1) is 5.92 Å². The Kier molecular flexibility index (Phi) is 7.33. The SMILES string of the molecule is CCCCC(C)C=CNCC. The van der Waals surface area contributed by atoms with Crippen LogP contribution < -0.4 is 5.32 Å². The van der Waals surface area contributed by atoms with Gasteiger partial charge >= 0.3 is 0 Å². The van der Waals surface area contributed by atoms with Crippen LogP contribution in [0.5, 0.6) is 0 Å². The molecule has 0 fully saturated rings. The predicted molar refractivity (Wildman–Crippen MR) is 51.5 cm³/mol. The van der Waals surface area contributed by atoms with Gasteiger partial charge in [0.1, 0.15) is 0 Å². The summed E-state index contributed by atoms with van der Waals surface area (Å²) in [5.74, 6) is 0.731. The highest BCUT2D eigenvalue weighted by Crippen LogP contribution is 2.07. The van der Waals surface area contributed by atoms with Crippen LogP contribution in [-0.4, -0.2) is 6.54 Å². The van der Waals surface area contributed by atoms with Crippen molar-refractivity contribution in [3.8, 4) is 0 Å². The molecule has 0 rings (SSSR count). The molecule has 1 unspecified atom stereocenters. The molecular formula is C10H21N. The zero-order chi connectivity index (χ0) is 8.53. The lowest BCUT2D eigenvalue weighted by Crippen LogP contribution is -2.02. The van der Waals surface area contributed by atoms with Crippen molar-refractivity contribution in [2.75, 3.05) is 6.54 Å². The van der Waals surface area contributed by atoms with Gasteiger partial charge in [-0.05, 0) is 25.5 Å². The molecule has 0 aromatic rings. The third-order valence-electron chi connectivity index (χ3n) is 1.76. The molecule has 0 aliphatic rings. The average molecular weight is 155 g/mol. The molecule has 0 amide bonds. The first-order valence-corrected chi connectivity index (χ1v) is 4.71. The fraction of sp³-hybridized carbons (Fsp3) is 0.800. The fourth-order valence-corrected chi connectivity index (χ4v) is 0.972. The third-order valence-corrected chi connectivity index (χ3v) is 1.76. The van der Waals surface area contributed by atoms with E-state index in [1.807, 2.05) is 0 Å². The summed E-state index contributed by atoms with van der Waals surface area (Å²) in [6.07, 6.45) is 8.29. The maximum atomic E-state index is 3.18. The standard InChI is InChI=1S/C10H21N/c1-4-6-7-10(3)8-9-11-5-2/h8-11H,4-7H2,1-3H3. The van der Waals surface area contributed by atoms with Gasteiger partial charge in [0.25, 0.3) is 0 Å². The summed E-state index contributed by atoms with van der Waals surface area (Å²) in [5.41, 5.74) is 0. The third kappa shape index (κ3) is 7.44. The summed E-state index contributed by atoms with van der Waals surface area (Å²) < 4.78 is 0. The van der Waals surface area contributed by atoms with Crippen LogP contribution >= 0.6 is 0 Å². The molecule has 0 aromatic carbocycles. The normalized spacial score (nSPS) is 13.7. The Hall–Kier alpha value is -0.460. The number of hydrogen-bond acceptors (Lipinski definition) is 1. The molecular weight excluding hydrogens is 134 g/mol. The van der Waals surface area contributed by atoms with Gasteiger partial charge in [0.05, 0.1) is 0 Å². The Morgan fingerprint density at radius 3 is 2.64 bits per heavy atom. The average Bonchev–Trinajstić information content (AvgIpc) is 2.01. The highest BCUT2D eigenvalue weighted by molar-refractivity contribution is 4.83. The second-order valence-corrected chi connectivity index (χ2v) is 3.04. The second kappa shape index (κ2) is 7.64. The topological polar surface area (TPSA) is 12.0 Å². The lowest BCUT2D eigenvalue weighted by Gasteiger charge is -2.03. The van der Waals surface area contributed by atoms with Crippen molar-refractivity contribution < 1.29 is 0 Å². The van der Waals surface area contributed by atoms with Crippen LogP contribution in [0.4, 0.5) is 0 Å². The van der Waals surface area contributed by atoms with Crippen LogP contribution in [-0.2, 0) is 0 Å². The van der Waals surface area contributed by atoms with Crippen molar-refractivity contribution in [1.82, 2.24) is 5.32 Å². The first-order chi connectivity index (χ1) is 5.31. The smallest absolute Gasteiger partial charge is 0.0112 e. The molecule has 1 atom stereocenters. The fourth-order valence-electron chi connectivity index (χ4n) is 0.972. The lowest BCUT2D eigenvalue weighted by molar-refractivity contribution is 0.595. The van der Waals surface area contributed by atoms with Crippen molar-refractivity contribution in [2.24, 2.45) is 5.92 Å². The van der Waals surface area contributed by atoms with Crippen LogP contribution in [0.2, 0.25) is 0 Å². The molecule has 11 heavy (non-hydrogen) atoms. The molecule has 0 aliphatic heterocycles. The summed E-state index contributed by atoms with van der Waals surface area (Å²) in [7, 11) is 0. The molecule has 66 valence electrons. The summed E-state index contributed by atoms with van der Waals surface area (Å²) in [6, 6.07) is 0. The monoisotopic (exact) mass is 155 g/mol. The zero-order valence-electron chi connectivity index (χ0n) is 8.06. The lowest BCUT2D eigenvalue weighted by atomic mass is 10.1. The Bertz CT molecular complexity index is 97.0. The summed E-state index contributed by atoms with van der Waals surface area (Å²) >= 11 is 0.